The fourth-order valence-electron chi connectivity index (χ4n) is 8.43. The van der Waals surface area contributed by atoms with Gasteiger partial charge in [0.2, 0.25) is 5.91 Å². The van der Waals surface area contributed by atoms with Gasteiger partial charge in [-0.1, -0.05) is 259 Å². The van der Waals surface area contributed by atoms with Crippen LogP contribution < -0.4 is 10.2 Å². The van der Waals surface area contributed by atoms with E-state index in [1.807, 2.05) is 27.2 Å². The monoisotopic (exact) mass is 1030 g/mol. The molecule has 418 valence electrons. The van der Waals surface area contributed by atoms with Gasteiger partial charge >= 0.3 is 0 Å². The van der Waals surface area contributed by atoms with E-state index in [0.29, 0.717) is 17.4 Å². The third-order valence-electron chi connectivity index (χ3n) is 13.1. The Labute approximate surface area is 446 Å². The minimum atomic E-state index is -4.60. The van der Waals surface area contributed by atoms with Gasteiger partial charge in [0.15, 0.2) is 0 Å². The molecule has 0 aliphatic heterocycles. The number of amides is 1. The van der Waals surface area contributed by atoms with Crippen LogP contribution in [0.3, 0.4) is 0 Å². The molecule has 3 unspecified atom stereocenters. The predicted octanol–water partition coefficient (Wildman–Crippen LogP) is 17.8. The molecule has 0 saturated carbocycles. The summed E-state index contributed by atoms with van der Waals surface area (Å²) in [5, 5.41) is 13.8. The molecule has 72 heavy (non-hydrogen) atoms. The second-order valence-electron chi connectivity index (χ2n) is 21.3. The lowest BCUT2D eigenvalue weighted by Crippen LogP contribution is -2.45. The van der Waals surface area contributed by atoms with Crippen molar-refractivity contribution in [3.05, 3.63) is 85.1 Å². The van der Waals surface area contributed by atoms with Crippen molar-refractivity contribution in [3.63, 3.8) is 0 Å². The minimum absolute atomic E-state index is 0.00746. The second-order valence-corrected chi connectivity index (χ2v) is 22.7. The maximum Gasteiger partial charge on any atom is 0.268 e. The van der Waals surface area contributed by atoms with Crippen LogP contribution in [0.1, 0.15) is 258 Å². The van der Waals surface area contributed by atoms with Crippen LogP contribution in [0.2, 0.25) is 0 Å². The molecule has 1 amide bonds. The van der Waals surface area contributed by atoms with Gasteiger partial charge in [-0.15, -0.1) is 0 Å². The van der Waals surface area contributed by atoms with E-state index < -0.39 is 26.6 Å². The van der Waals surface area contributed by atoms with Crippen molar-refractivity contribution >= 4 is 13.7 Å². The van der Waals surface area contributed by atoms with Crippen LogP contribution in [0.4, 0.5) is 0 Å². The first-order valence-corrected chi connectivity index (χ1v) is 31.4. The Kier molecular flexibility index (Phi) is 51.8. The SMILES string of the molecule is CC/C=C\C/C=C\C/C=C\C/C=C\C/C=C\CCCCCCCCCCCCCCCCCCCCCCCC(=O)NC(COP(=O)([O-])OCC[N+](C)(C)C)C(O)/C=C/CC/C=C/CCCCCCCCC. The topological polar surface area (TPSA) is 108 Å². The van der Waals surface area contributed by atoms with E-state index in [-0.39, 0.29) is 12.5 Å². The third-order valence-corrected chi connectivity index (χ3v) is 14.1. The van der Waals surface area contributed by atoms with Crippen LogP contribution in [0.5, 0.6) is 0 Å². The smallest absolute Gasteiger partial charge is 0.268 e. The molecule has 0 heterocycles. The van der Waals surface area contributed by atoms with Crippen molar-refractivity contribution in [2.24, 2.45) is 0 Å². The average molecular weight is 1030 g/mol. The molecule has 0 bridgehead atoms. The molecular weight excluding hydrogens is 912 g/mol. The van der Waals surface area contributed by atoms with Gasteiger partial charge < -0.3 is 28.8 Å². The van der Waals surface area contributed by atoms with Crippen molar-refractivity contribution in [3.8, 4) is 0 Å². The molecule has 0 rings (SSSR count). The third kappa shape index (κ3) is 55.4. The molecule has 2 N–H and O–H groups in total. The molecular formula is C63H115N2O6P. The van der Waals surface area contributed by atoms with Gasteiger partial charge in [-0.05, 0) is 77.0 Å². The number of hydrogen-bond donors (Lipinski definition) is 2. The highest BCUT2D eigenvalue weighted by Crippen LogP contribution is 2.38. The Bertz CT molecular complexity index is 1450. The van der Waals surface area contributed by atoms with Crippen LogP contribution in [0.15, 0.2) is 85.1 Å². The summed E-state index contributed by atoms with van der Waals surface area (Å²) in [6.07, 6.45) is 75.5. The lowest BCUT2D eigenvalue weighted by molar-refractivity contribution is -0.870. The number of nitrogens with one attached hydrogen (secondary N) is 1. The number of aliphatic hydroxyl groups excluding tert-OH is 1. The fraction of sp³-hybridized carbons (Fsp3) is 0.762. The molecule has 0 aromatic rings. The highest BCUT2D eigenvalue weighted by molar-refractivity contribution is 7.45. The van der Waals surface area contributed by atoms with E-state index in [9.17, 15) is 19.4 Å². The Balaban J connectivity index is 3.97. The number of rotatable bonds is 54. The van der Waals surface area contributed by atoms with Crippen molar-refractivity contribution in [1.29, 1.82) is 0 Å². The number of carbonyl (C=O) groups excluding carboxylic acids is 1. The molecule has 0 radical (unpaired) electrons. The predicted molar refractivity (Wildman–Crippen MR) is 311 cm³/mol. The van der Waals surface area contributed by atoms with Crippen LogP contribution in [0.25, 0.3) is 0 Å². The van der Waals surface area contributed by atoms with Gasteiger partial charge in [-0.25, -0.2) is 0 Å². The quantitative estimate of drug-likeness (QED) is 0.0272. The number of quaternary nitrogens is 1. The number of hydrogen-bond acceptors (Lipinski definition) is 6. The van der Waals surface area contributed by atoms with Crippen molar-refractivity contribution in [2.75, 3.05) is 40.9 Å². The average Bonchev–Trinajstić information content (AvgIpc) is 3.34. The van der Waals surface area contributed by atoms with Crippen LogP contribution in [-0.4, -0.2) is 68.5 Å². The number of phosphoric ester groups is 1. The van der Waals surface area contributed by atoms with Crippen molar-refractivity contribution < 1.29 is 32.9 Å². The largest absolute Gasteiger partial charge is 0.756 e. The molecule has 0 fully saturated rings. The van der Waals surface area contributed by atoms with E-state index in [4.69, 9.17) is 9.05 Å². The van der Waals surface area contributed by atoms with E-state index in [0.717, 1.165) is 70.6 Å². The molecule has 0 saturated heterocycles. The van der Waals surface area contributed by atoms with Gasteiger partial charge in [0.1, 0.15) is 13.2 Å². The van der Waals surface area contributed by atoms with Gasteiger partial charge in [-0.3, -0.25) is 9.36 Å². The highest BCUT2D eigenvalue weighted by atomic mass is 31.2. The summed E-state index contributed by atoms with van der Waals surface area (Å²) < 4.78 is 23.3. The first kappa shape index (κ1) is 69.7. The van der Waals surface area contributed by atoms with Gasteiger partial charge in [-0.2, -0.15) is 0 Å². The fourth-order valence-corrected chi connectivity index (χ4v) is 9.16. The van der Waals surface area contributed by atoms with E-state index in [1.54, 1.807) is 6.08 Å². The maximum atomic E-state index is 12.9. The van der Waals surface area contributed by atoms with Gasteiger partial charge in [0.05, 0.1) is 39.9 Å². The summed E-state index contributed by atoms with van der Waals surface area (Å²) in [5.74, 6) is -0.207. The molecule has 0 spiro atoms. The van der Waals surface area contributed by atoms with Crippen molar-refractivity contribution in [2.45, 2.75) is 270 Å². The molecule has 0 aromatic carbocycles. The summed E-state index contributed by atoms with van der Waals surface area (Å²) in [6, 6.07) is -0.904. The zero-order valence-electron chi connectivity index (χ0n) is 47.6. The summed E-state index contributed by atoms with van der Waals surface area (Å²) in [4.78, 5) is 25.4. The Morgan fingerprint density at radius 1 is 0.500 bits per heavy atom. The standard InChI is InChI=1S/C63H115N2O6P/c1-6-8-10-12-14-16-18-20-21-22-23-24-25-26-27-28-29-30-31-32-33-34-35-36-37-38-39-40-41-42-43-45-47-49-51-53-55-57-63(67)64-61(60-71-72(68,69)70-59-58-65(3,4)5)62(66)56-54-52-50-48-46-44-19-17-15-13-11-9-7-2/h8,10,14,16,20-21,23-24,26-27,46,48,54,56,61-62,66H,6-7,9,11-13,15,17-19,22,25,28-45,47,49-53,55,57-60H2,1-5H3,(H-,64,67,68,69)/b10-8-,16-14-,21-20-,24-23-,27-26-,48-46+,56-54+. The van der Waals surface area contributed by atoms with E-state index in [2.05, 4.69) is 92.1 Å². The molecule has 0 aromatic heterocycles. The van der Waals surface area contributed by atoms with E-state index in [1.165, 1.54) is 167 Å². The molecule has 0 aliphatic carbocycles. The number of allylic oxidation sites excluding steroid dienone is 13. The van der Waals surface area contributed by atoms with E-state index >= 15 is 0 Å². The number of likely N-dealkylation sites (N-methyl/N-ethyl adjacent to an activating group) is 1. The molecule has 8 nitrogen and oxygen atoms in total. The van der Waals surface area contributed by atoms with Crippen molar-refractivity contribution in [1.82, 2.24) is 5.32 Å². The number of unbranched alkanes of at least 4 members (excludes halogenated alkanes) is 29. The summed E-state index contributed by atoms with van der Waals surface area (Å²) in [6.45, 7) is 4.51. The summed E-state index contributed by atoms with van der Waals surface area (Å²) >= 11 is 0. The van der Waals surface area contributed by atoms with Crippen LogP contribution in [0, 0.1) is 0 Å². The second kappa shape index (κ2) is 53.5. The number of phosphoric acid groups is 1. The lowest BCUT2D eigenvalue weighted by atomic mass is 10.0. The van der Waals surface area contributed by atoms with Crippen LogP contribution >= 0.6 is 7.82 Å². The highest BCUT2D eigenvalue weighted by Gasteiger charge is 2.23. The molecule has 9 heteroatoms. The molecule has 3 atom stereocenters. The maximum absolute atomic E-state index is 12.9. The zero-order valence-corrected chi connectivity index (χ0v) is 48.5. The van der Waals surface area contributed by atoms with Gasteiger partial charge in [0.25, 0.3) is 7.82 Å². The Hall–Kier alpha value is -2.32. The zero-order chi connectivity index (χ0) is 52.7. The first-order chi connectivity index (χ1) is 35.0. The normalized spacial score (nSPS) is 14.5. The Morgan fingerprint density at radius 2 is 0.861 bits per heavy atom. The number of aliphatic hydroxyl groups is 1. The van der Waals surface area contributed by atoms with Gasteiger partial charge in [0, 0.05) is 6.42 Å². The minimum Gasteiger partial charge on any atom is -0.756 e. The first-order valence-electron chi connectivity index (χ1n) is 29.9. The van der Waals surface area contributed by atoms with Crippen LogP contribution in [-0.2, 0) is 18.4 Å². The number of nitrogens with zero attached hydrogens (tertiary/aromatic N) is 1. The summed E-state index contributed by atoms with van der Waals surface area (Å²) in [7, 11) is 1.24. The summed E-state index contributed by atoms with van der Waals surface area (Å²) in [5.41, 5.74) is 0. The Morgan fingerprint density at radius 3 is 1.29 bits per heavy atom. The lowest BCUT2D eigenvalue weighted by Gasteiger charge is -2.29. The number of carbonyl (C=O) groups is 1. The molecule has 0 aliphatic rings.